The maximum absolute atomic E-state index is 13.4. The van der Waals surface area contributed by atoms with Gasteiger partial charge in [-0.3, -0.25) is 0 Å². The average Bonchev–Trinajstić information content (AvgIpc) is 2.73. The summed E-state index contributed by atoms with van der Waals surface area (Å²) in [6.45, 7) is 1.41. The van der Waals surface area contributed by atoms with Gasteiger partial charge in [-0.2, -0.15) is 0 Å². The molecule has 0 spiro atoms. The monoisotopic (exact) mass is 243 g/mol. The van der Waals surface area contributed by atoms with Gasteiger partial charge in [0.2, 0.25) is 0 Å². The van der Waals surface area contributed by atoms with E-state index in [0.717, 1.165) is 12.1 Å². The molecule has 0 saturated carbocycles. The van der Waals surface area contributed by atoms with Crippen molar-refractivity contribution >= 4 is 0 Å². The summed E-state index contributed by atoms with van der Waals surface area (Å²) in [5, 5.41) is 12.6. The van der Waals surface area contributed by atoms with Crippen molar-refractivity contribution in [3.05, 3.63) is 41.4 Å². The summed E-state index contributed by atoms with van der Waals surface area (Å²) in [5.74, 6) is -3.42. The van der Waals surface area contributed by atoms with Gasteiger partial charge in [-0.15, -0.1) is 0 Å². The Bertz CT molecular complexity index is 552. The van der Waals surface area contributed by atoms with Crippen LogP contribution in [0, 0.1) is 17.5 Å². The number of halogens is 3. The zero-order valence-electron chi connectivity index (χ0n) is 8.75. The topological polar surface area (TPSA) is 46.3 Å². The van der Waals surface area contributed by atoms with E-state index in [0.29, 0.717) is 6.07 Å². The van der Waals surface area contributed by atoms with E-state index in [-0.39, 0.29) is 11.5 Å². The quantitative estimate of drug-likeness (QED) is 0.825. The zero-order valence-corrected chi connectivity index (χ0v) is 8.75. The molecule has 17 heavy (non-hydrogen) atoms. The van der Waals surface area contributed by atoms with E-state index in [1.165, 1.54) is 6.92 Å². The van der Waals surface area contributed by atoms with Crippen molar-refractivity contribution in [2.75, 3.05) is 0 Å². The number of aliphatic hydroxyl groups is 1. The Morgan fingerprint density at radius 2 is 1.88 bits per heavy atom. The van der Waals surface area contributed by atoms with E-state index >= 15 is 0 Å². The first-order valence-corrected chi connectivity index (χ1v) is 4.79. The van der Waals surface area contributed by atoms with Crippen LogP contribution in [0.1, 0.15) is 18.8 Å². The van der Waals surface area contributed by atoms with Crippen molar-refractivity contribution in [1.82, 2.24) is 5.16 Å². The van der Waals surface area contributed by atoms with Crippen LogP contribution in [-0.4, -0.2) is 10.3 Å². The molecule has 0 saturated heterocycles. The van der Waals surface area contributed by atoms with Crippen molar-refractivity contribution in [1.29, 1.82) is 0 Å². The lowest BCUT2D eigenvalue weighted by Gasteiger charge is -2.01. The smallest absolute Gasteiger partial charge is 0.171 e. The third-order valence-corrected chi connectivity index (χ3v) is 2.24. The predicted octanol–water partition coefficient (Wildman–Crippen LogP) is 2.81. The standard InChI is InChI=1S/C11H8F3NO2/c1-5(16)9-4-8(15-17-9)10-6(12)2-3-7(13)11(10)14/h2-5,16H,1H3. The van der Waals surface area contributed by atoms with Crippen LogP contribution in [0.2, 0.25) is 0 Å². The fourth-order valence-corrected chi connectivity index (χ4v) is 1.37. The molecule has 2 rings (SSSR count). The first-order valence-electron chi connectivity index (χ1n) is 4.79. The third-order valence-electron chi connectivity index (χ3n) is 2.24. The third kappa shape index (κ3) is 2.03. The molecular formula is C11H8F3NO2. The van der Waals surface area contributed by atoms with E-state index in [1.54, 1.807) is 0 Å². The van der Waals surface area contributed by atoms with Crippen molar-refractivity contribution in [3.8, 4) is 11.3 Å². The summed E-state index contributed by atoms with van der Waals surface area (Å²) in [6.07, 6.45) is -0.962. The lowest BCUT2D eigenvalue weighted by Crippen LogP contribution is -1.94. The molecule has 1 N–H and O–H groups in total. The minimum Gasteiger partial charge on any atom is -0.385 e. The van der Waals surface area contributed by atoms with E-state index in [4.69, 9.17) is 0 Å². The maximum Gasteiger partial charge on any atom is 0.171 e. The molecule has 90 valence electrons. The zero-order chi connectivity index (χ0) is 12.6. The summed E-state index contributed by atoms with van der Waals surface area (Å²) >= 11 is 0. The summed E-state index contributed by atoms with van der Waals surface area (Å²) < 4.78 is 44.4. The van der Waals surface area contributed by atoms with E-state index in [9.17, 15) is 18.3 Å². The van der Waals surface area contributed by atoms with Crippen LogP contribution in [0.4, 0.5) is 13.2 Å². The van der Waals surface area contributed by atoms with Gasteiger partial charge in [0.1, 0.15) is 17.6 Å². The van der Waals surface area contributed by atoms with Crippen LogP contribution in [-0.2, 0) is 0 Å². The summed E-state index contributed by atoms with van der Waals surface area (Å²) in [4.78, 5) is 0. The highest BCUT2D eigenvalue weighted by Crippen LogP contribution is 2.28. The van der Waals surface area contributed by atoms with Gasteiger partial charge in [-0.05, 0) is 19.1 Å². The first-order chi connectivity index (χ1) is 8.00. The van der Waals surface area contributed by atoms with Crippen molar-refractivity contribution in [2.45, 2.75) is 13.0 Å². The van der Waals surface area contributed by atoms with Gasteiger partial charge < -0.3 is 9.63 Å². The molecule has 6 heteroatoms. The molecule has 1 unspecified atom stereocenters. The highest BCUT2D eigenvalue weighted by molar-refractivity contribution is 5.60. The van der Waals surface area contributed by atoms with Gasteiger partial charge in [0.15, 0.2) is 17.4 Å². The van der Waals surface area contributed by atoms with Crippen LogP contribution in [0.15, 0.2) is 22.7 Å². The second-order valence-electron chi connectivity index (χ2n) is 3.51. The number of hydrogen-bond acceptors (Lipinski definition) is 3. The van der Waals surface area contributed by atoms with Gasteiger partial charge in [0.05, 0.1) is 5.56 Å². The first kappa shape index (κ1) is 11.7. The van der Waals surface area contributed by atoms with Gasteiger partial charge >= 0.3 is 0 Å². The molecule has 0 bridgehead atoms. The molecule has 0 amide bonds. The number of benzene rings is 1. The van der Waals surface area contributed by atoms with E-state index in [2.05, 4.69) is 9.68 Å². The highest BCUT2D eigenvalue weighted by Gasteiger charge is 2.20. The molecule has 1 heterocycles. The second kappa shape index (κ2) is 4.21. The Morgan fingerprint density at radius 1 is 1.24 bits per heavy atom. The van der Waals surface area contributed by atoms with Crippen LogP contribution in [0.25, 0.3) is 11.3 Å². The normalized spacial score (nSPS) is 12.8. The molecule has 2 aromatic rings. The van der Waals surface area contributed by atoms with Gasteiger partial charge in [-0.1, -0.05) is 5.16 Å². The van der Waals surface area contributed by atoms with E-state index < -0.39 is 29.1 Å². The summed E-state index contributed by atoms with van der Waals surface area (Å²) in [6, 6.07) is 2.64. The SMILES string of the molecule is CC(O)c1cc(-c2c(F)ccc(F)c2F)no1. The number of hydrogen-bond donors (Lipinski definition) is 1. The molecule has 1 atom stereocenters. The van der Waals surface area contributed by atoms with E-state index in [1.807, 2.05) is 0 Å². The molecule has 0 radical (unpaired) electrons. The van der Waals surface area contributed by atoms with Gasteiger partial charge in [0, 0.05) is 6.07 Å². The highest BCUT2D eigenvalue weighted by atomic mass is 19.2. The Hall–Kier alpha value is -1.82. The molecule has 0 aliphatic heterocycles. The Labute approximate surface area is 94.5 Å². The summed E-state index contributed by atoms with van der Waals surface area (Å²) in [7, 11) is 0. The number of aromatic nitrogens is 1. The Morgan fingerprint density at radius 3 is 2.47 bits per heavy atom. The van der Waals surface area contributed by atoms with Gasteiger partial charge in [-0.25, -0.2) is 13.2 Å². The molecule has 0 aliphatic rings. The minimum absolute atomic E-state index is 0.0445. The number of rotatable bonds is 2. The van der Waals surface area contributed by atoms with Crippen LogP contribution < -0.4 is 0 Å². The van der Waals surface area contributed by atoms with Crippen molar-refractivity contribution in [3.63, 3.8) is 0 Å². The summed E-state index contributed by atoms with van der Waals surface area (Å²) in [5.41, 5.74) is -0.809. The van der Waals surface area contributed by atoms with Crippen molar-refractivity contribution < 1.29 is 22.8 Å². The average molecular weight is 243 g/mol. The number of aliphatic hydroxyl groups excluding tert-OH is 1. The molecule has 0 fully saturated rings. The molecule has 1 aromatic carbocycles. The fraction of sp³-hybridized carbons (Fsp3) is 0.182. The fourth-order valence-electron chi connectivity index (χ4n) is 1.37. The van der Waals surface area contributed by atoms with Crippen LogP contribution in [0.3, 0.4) is 0 Å². The lowest BCUT2D eigenvalue weighted by molar-refractivity contribution is 0.158. The molecular weight excluding hydrogens is 235 g/mol. The second-order valence-corrected chi connectivity index (χ2v) is 3.51. The molecule has 3 nitrogen and oxygen atoms in total. The molecule has 1 aromatic heterocycles. The number of nitrogens with zero attached hydrogens (tertiary/aromatic N) is 1. The Balaban J connectivity index is 2.56. The largest absolute Gasteiger partial charge is 0.385 e. The van der Waals surface area contributed by atoms with Gasteiger partial charge in [0.25, 0.3) is 0 Å². The van der Waals surface area contributed by atoms with Crippen molar-refractivity contribution in [2.24, 2.45) is 0 Å². The minimum atomic E-state index is -1.34. The van der Waals surface area contributed by atoms with Crippen LogP contribution in [0.5, 0.6) is 0 Å². The molecule has 0 aliphatic carbocycles. The predicted molar refractivity (Wildman–Crippen MR) is 52.4 cm³/mol. The van der Waals surface area contributed by atoms with Crippen LogP contribution >= 0.6 is 0 Å². The lowest BCUT2D eigenvalue weighted by atomic mass is 10.1. The maximum atomic E-state index is 13.4. The Kier molecular flexibility index (Phi) is 2.89.